The molecule has 3 aliphatic carbocycles. The van der Waals surface area contributed by atoms with Crippen molar-refractivity contribution in [3.8, 4) is 12.3 Å². The van der Waals surface area contributed by atoms with E-state index in [9.17, 15) is 32.3 Å². The summed E-state index contributed by atoms with van der Waals surface area (Å²) in [6.45, 7) is 10.4. The van der Waals surface area contributed by atoms with Crippen molar-refractivity contribution in [1.29, 1.82) is 0 Å². The number of fused-ring (bicyclic) bond motifs is 1. The molecule has 1 saturated heterocycles. The number of rotatable bonds is 10. The molecule has 6 N–H and O–H groups in total. The second-order valence-corrected chi connectivity index (χ2v) is 19.7. The number of likely N-dealkylation sites (tertiary alicyclic amines) is 1. The molecular formula is C34H49FIN6O9S+. The Morgan fingerprint density at radius 2 is 1.90 bits per heavy atom. The number of sulfonamides is 1. The summed E-state index contributed by atoms with van der Waals surface area (Å²) in [4.78, 5) is 42.5. The molecule has 0 aromatic rings. The molecule has 3 fully saturated rings. The van der Waals surface area contributed by atoms with Gasteiger partial charge < -0.3 is 24.6 Å². The average molecular weight is 864 g/mol. The number of methoxy groups -OCH3 is 1. The first kappa shape index (κ1) is 40.2. The molecule has 18 heteroatoms. The molecule has 3 amide bonds. The van der Waals surface area contributed by atoms with E-state index in [1.165, 1.54) is 18.1 Å². The molecule has 9 atom stereocenters. The minimum absolute atomic E-state index is 0.0392. The molecule has 0 aromatic carbocycles. The molecule has 2 heterocycles. The summed E-state index contributed by atoms with van der Waals surface area (Å²) in [5, 5.41) is 13.7. The lowest BCUT2D eigenvalue weighted by molar-refractivity contribution is -0.864. The molecule has 2 aliphatic heterocycles. The normalized spacial score (nSPS) is 30.8. The number of hydrogen-bond acceptors (Lipinski definition) is 12. The molecule has 0 spiro atoms. The number of allylic oxidation sites excluding steroid dienone is 2. The Hall–Kier alpha value is -2.96. The Bertz CT molecular complexity index is 1750. The van der Waals surface area contributed by atoms with Crippen LogP contribution in [-0.2, 0) is 33.8 Å². The number of aliphatic hydroxyl groups is 1. The van der Waals surface area contributed by atoms with Gasteiger partial charge in [-0.3, -0.25) is 9.69 Å². The van der Waals surface area contributed by atoms with Gasteiger partial charge in [0.2, 0.25) is 21.5 Å². The lowest BCUT2D eigenvalue weighted by Gasteiger charge is -2.40. The summed E-state index contributed by atoms with van der Waals surface area (Å²) in [6, 6.07) is -2.20. The Morgan fingerprint density at radius 1 is 1.23 bits per heavy atom. The van der Waals surface area contributed by atoms with E-state index in [1.807, 2.05) is 4.01 Å². The number of carbonyl (C=O) groups excluding carboxylic acids is 3. The van der Waals surface area contributed by atoms with E-state index in [-0.39, 0.29) is 37.0 Å². The number of ether oxygens (including phenoxy) is 3. The van der Waals surface area contributed by atoms with Gasteiger partial charge in [-0.2, -0.15) is 14.1 Å². The van der Waals surface area contributed by atoms with Gasteiger partial charge in [0.25, 0.3) is 5.91 Å². The minimum atomic E-state index is -3.99. The highest BCUT2D eigenvalue weighted by Gasteiger charge is 2.71. The maximum absolute atomic E-state index is 14.9. The Kier molecular flexibility index (Phi) is 11.4. The van der Waals surface area contributed by atoms with Crippen molar-refractivity contribution in [2.45, 2.75) is 108 Å². The van der Waals surface area contributed by atoms with Crippen LogP contribution in [0.3, 0.4) is 0 Å². The Balaban J connectivity index is 1.45. The van der Waals surface area contributed by atoms with Crippen molar-refractivity contribution in [2.24, 2.45) is 32.2 Å². The molecule has 0 radical (unpaired) electrons. The van der Waals surface area contributed by atoms with E-state index >= 15 is 0 Å². The molecule has 0 aromatic heterocycles. The number of nitrogens with two attached hydrogens (primary N) is 1. The van der Waals surface area contributed by atoms with E-state index in [0.717, 1.165) is 0 Å². The van der Waals surface area contributed by atoms with E-state index in [2.05, 4.69) is 19.2 Å². The zero-order valence-corrected chi connectivity index (χ0v) is 33.3. The zero-order valence-electron chi connectivity index (χ0n) is 30.3. The number of terminal acetylenes is 1. The lowest BCUT2D eigenvalue weighted by Crippen LogP contribution is -3.27. The molecule has 0 bridgehead atoms. The highest BCUT2D eigenvalue weighted by molar-refractivity contribution is 14.2. The standard InChI is InChI=1S/C34H48FIN6O9S/c1-9-19-15-34(19,30(45)40-52(47,48)21-10-11-21)42(37)28(43)24-13-20(50-27-22-14-23(35)25(49-8)12-18(22)16-36-39-27)17-41(24)29(44)26(32(2,3)4)38-31(46)51-33(5,6)7/h1,12,14,16,18-22,24,26,29,44H,10-11,13,15,17,37H2,2-8H3,(H,38,46)(H,40,45)/p+1/t18?,19-,20-,22?,24+,26-,29?,34-/m1/s1. The third kappa shape index (κ3) is 8.39. The molecule has 52 heavy (non-hydrogen) atoms. The fraction of sp³-hybridized carbons (Fsp3) is 0.676. The summed E-state index contributed by atoms with van der Waals surface area (Å²) in [6.07, 6.45) is 6.43. The number of quaternary nitrogens is 1. The number of amides is 3. The average Bonchev–Trinajstić information content (AvgIpc) is 3.97. The molecule has 2 saturated carbocycles. The Labute approximate surface area is 314 Å². The van der Waals surface area contributed by atoms with Gasteiger partial charge in [-0.05, 0) is 55.2 Å². The third-order valence-corrected chi connectivity index (χ3v) is 13.5. The smallest absolute Gasteiger partial charge is 0.408 e. The number of nitrogens with one attached hydrogen (secondary N) is 3. The van der Waals surface area contributed by atoms with Crippen LogP contribution in [0, 0.1) is 35.5 Å². The number of alkyl carbamates (subject to hydrolysis) is 1. The Morgan fingerprint density at radius 3 is 2.46 bits per heavy atom. The van der Waals surface area contributed by atoms with Crippen LogP contribution in [0.2, 0.25) is 0 Å². The van der Waals surface area contributed by atoms with E-state index in [0.29, 0.717) is 12.8 Å². The van der Waals surface area contributed by atoms with Gasteiger partial charge >= 0.3 is 12.0 Å². The van der Waals surface area contributed by atoms with Crippen LogP contribution in [-0.4, -0.2) is 101 Å². The van der Waals surface area contributed by atoms with Gasteiger partial charge in [0.15, 0.2) is 11.6 Å². The summed E-state index contributed by atoms with van der Waals surface area (Å²) in [5.41, 5.74) is -3.38. The highest BCUT2D eigenvalue weighted by Crippen LogP contribution is 2.42. The van der Waals surface area contributed by atoms with Crippen LogP contribution >= 0.6 is 21.0 Å². The summed E-state index contributed by atoms with van der Waals surface area (Å²) < 4.78 is 66.0. The van der Waals surface area contributed by atoms with Crippen LogP contribution in [0.4, 0.5) is 9.18 Å². The fourth-order valence-corrected chi connectivity index (χ4v) is 9.99. The number of halogens is 2. The minimum Gasteiger partial charge on any atom is -0.494 e. The SMILES string of the molecule is C#C[C@@H]1C[C@@]1(C(=O)NS(=O)(=O)C1CC1)[NH+](N)C(=O)[C@@H]1C[C@@H](OC2=NI=CC3C=C(OC)C(F)=CC23)CN1C(O)[C@@H](NC(=O)OC(C)(C)C)C(C)(C)C. The highest BCUT2D eigenvalue weighted by atomic mass is 127. The maximum atomic E-state index is 14.9. The number of carbonyl (C=O) groups is 3. The molecule has 5 aliphatic rings. The lowest BCUT2D eigenvalue weighted by atomic mass is 9.85. The number of aliphatic hydroxyl groups excluding tert-OH is 1. The topological polar surface area (TPSA) is 203 Å². The predicted molar refractivity (Wildman–Crippen MR) is 197 cm³/mol. The first-order valence-corrected chi connectivity index (χ1v) is 20.8. The van der Waals surface area contributed by atoms with E-state index < -0.39 is 118 Å². The van der Waals surface area contributed by atoms with Gasteiger partial charge in [0, 0.05) is 46.3 Å². The largest absolute Gasteiger partial charge is 0.494 e. The third-order valence-electron chi connectivity index (χ3n) is 9.80. The van der Waals surface area contributed by atoms with E-state index in [1.54, 1.807) is 47.6 Å². The van der Waals surface area contributed by atoms with Gasteiger partial charge in [-0.25, -0.2) is 27.1 Å². The number of hydrogen-bond donors (Lipinski definition) is 5. The van der Waals surface area contributed by atoms with Crippen molar-refractivity contribution >= 4 is 58.8 Å². The van der Waals surface area contributed by atoms with E-state index in [4.69, 9.17) is 26.5 Å². The van der Waals surface area contributed by atoms with Gasteiger partial charge in [-0.15, -0.1) is 6.42 Å². The quantitative estimate of drug-likeness (QED) is 0.0681. The summed E-state index contributed by atoms with van der Waals surface area (Å²) >= 11 is -0.817. The van der Waals surface area contributed by atoms with Crippen molar-refractivity contribution in [3.05, 3.63) is 23.7 Å². The monoisotopic (exact) mass is 863 g/mol. The fourth-order valence-electron chi connectivity index (χ4n) is 6.73. The van der Waals surface area contributed by atoms with Gasteiger partial charge in [0.05, 0.1) is 30.2 Å². The van der Waals surface area contributed by atoms with Crippen molar-refractivity contribution in [3.63, 3.8) is 0 Å². The first-order valence-electron chi connectivity index (χ1n) is 17.1. The van der Waals surface area contributed by atoms with Crippen LogP contribution < -0.4 is 20.9 Å². The molecule has 5 rings (SSSR count). The number of nitrogens with zero attached hydrogens (tertiary/aromatic N) is 2. The second-order valence-electron chi connectivity index (χ2n) is 15.9. The predicted octanol–water partition coefficient (Wildman–Crippen LogP) is 0.719. The van der Waals surface area contributed by atoms with Crippen LogP contribution in [0.5, 0.6) is 0 Å². The zero-order chi connectivity index (χ0) is 38.6. The molecular weight excluding hydrogens is 814 g/mol. The van der Waals surface area contributed by atoms with Crippen molar-refractivity contribution in [1.82, 2.24) is 14.9 Å². The maximum Gasteiger partial charge on any atom is 0.408 e. The first-order chi connectivity index (χ1) is 24.1. The molecule has 15 nitrogen and oxygen atoms in total. The van der Waals surface area contributed by atoms with Crippen LogP contribution in [0.15, 0.2) is 26.9 Å². The second kappa shape index (κ2) is 14.7. The van der Waals surface area contributed by atoms with Gasteiger partial charge in [-0.1, -0.05) is 26.7 Å². The summed E-state index contributed by atoms with van der Waals surface area (Å²) in [7, 11) is -2.60. The van der Waals surface area contributed by atoms with Gasteiger partial charge in [0.1, 0.15) is 24.0 Å². The van der Waals surface area contributed by atoms with Crippen LogP contribution in [0.25, 0.3) is 0 Å². The molecule has 4 unspecified atom stereocenters. The summed E-state index contributed by atoms with van der Waals surface area (Å²) in [5.74, 6) is 5.50. The molecule has 288 valence electrons. The van der Waals surface area contributed by atoms with Crippen molar-refractivity contribution in [2.75, 3.05) is 13.7 Å². The van der Waals surface area contributed by atoms with Crippen molar-refractivity contribution < 1.29 is 51.5 Å². The van der Waals surface area contributed by atoms with Crippen LogP contribution in [0.1, 0.15) is 67.2 Å².